The van der Waals surface area contributed by atoms with Crippen molar-refractivity contribution in [1.82, 2.24) is 4.98 Å². The van der Waals surface area contributed by atoms with E-state index in [1.807, 2.05) is 17.5 Å². The van der Waals surface area contributed by atoms with E-state index in [9.17, 15) is 13.5 Å². The third kappa shape index (κ3) is 3.21. The Labute approximate surface area is 138 Å². The maximum absolute atomic E-state index is 13.0. The van der Waals surface area contributed by atoms with E-state index < -0.39 is 16.1 Å². The molecule has 23 heavy (non-hydrogen) atoms. The summed E-state index contributed by atoms with van der Waals surface area (Å²) in [5.41, 5.74) is 1.29. The van der Waals surface area contributed by atoms with E-state index >= 15 is 0 Å². The zero-order valence-corrected chi connectivity index (χ0v) is 14.1. The number of aliphatic hydroxyl groups is 1. The minimum atomic E-state index is -3.80. The fourth-order valence-electron chi connectivity index (χ4n) is 2.27. The van der Waals surface area contributed by atoms with E-state index in [0.717, 1.165) is 10.2 Å². The van der Waals surface area contributed by atoms with Crippen LogP contribution in [0.15, 0.2) is 58.9 Å². The zero-order valence-electron chi connectivity index (χ0n) is 12.5. The molecule has 0 bridgehead atoms. The van der Waals surface area contributed by atoms with Gasteiger partial charge in [-0.15, -0.1) is 11.3 Å². The first-order valence-corrected chi connectivity index (χ1v) is 9.39. The molecule has 0 aliphatic carbocycles. The van der Waals surface area contributed by atoms with Gasteiger partial charge >= 0.3 is 0 Å². The predicted octanol–water partition coefficient (Wildman–Crippen LogP) is 2.87. The molecule has 3 aromatic rings. The van der Waals surface area contributed by atoms with E-state index in [1.165, 1.54) is 21.8 Å². The van der Waals surface area contributed by atoms with Gasteiger partial charge in [0.2, 0.25) is 0 Å². The number of hydrogen-bond donors (Lipinski definition) is 1. The molecule has 0 amide bonds. The summed E-state index contributed by atoms with van der Waals surface area (Å²) in [5, 5.41) is 11.6. The lowest BCUT2D eigenvalue weighted by molar-refractivity contribution is 0.204. The fourth-order valence-corrected chi connectivity index (χ4v) is 4.65. The number of sulfonamides is 1. The van der Waals surface area contributed by atoms with Crippen molar-refractivity contribution < 1.29 is 13.5 Å². The molecule has 1 N–H and O–H groups in total. The molecule has 0 aliphatic heterocycles. The molecule has 1 unspecified atom stereocenters. The van der Waals surface area contributed by atoms with Gasteiger partial charge in [-0.25, -0.2) is 8.42 Å². The predicted molar refractivity (Wildman–Crippen MR) is 92.3 cm³/mol. The topological polar surface area (TPSA) is 70.5 Å². The average molecular weight is 348 g/mol. The molecule has 1 aromatic carbocycles. The highest BCUT2D eigenvalue weighted by Gasteiger charge is 2.26. The van der Waals surface area contributed by atoms with Crippen molar-refractivity contribution in [1.29, 1.82) is 0 Å². The molecular formula is C16H16N2O3S2. The van der Waals surface area contributed by atoms with Crippen molar-refractivity contribution in [2.75, 3.05) is 10.8 Å². The number of thiophene rings is 1. The Hall–Kier alpha value is -1.96. The normalized spacial score (nSPS) is 13.1. The summed E-state index contributed by atoms with van der Waals surface area (Å²) in [7, 11) is -3.80. The Bertz CT molecular complexity index is 905. The zero-order chi connectivity index (χ0) is 16.4. The number of hydrogen-bond acceptors (Lipinski definition) is 5. The van der Waals surface area contributed by atoms with Crippen molar-refractivity contribution in [3.05, 3.63) is 54.0 Å². The Balaban J connectivity index is 2.09. The summed E-state index contributed by atoms with van der Waals surface area (Å²) in [6.45, 7) is 1.54. The number of aliphatic hydroxyl groups excluding tert-OH is 1. The lowest BCUT2D eigenvalue weighted by atomic mass is 10.3. The van der Waals surface area contributed by atoms with Gasteiger partial charge in [-0.2, -0.15) is 0 Å². The van der Waals surface area contributed by atoms with Gasteiger partial charge in [0, 0.05) is 6.20 Å². The molecule has 1 atom stereocenters. The number of pyridine rings is 1. The molecule has 0 aliphatic rings. The van der Waals surface area contributed by atoms with Gasteiger partial charge in [-0.3, -0.25) is 9.29 Å². The third-order valence-corrected chi connectivity index (χ3v) is 5.95. The molecule has 3 rings (SSSR count). The first-order valence-electron chi connectivity index (χ1n) is 7.07. The van der Waals surface area contributed by atoms with Crippen LogP contribution in [0, 0.1) is 0 Å². The largest absolute Gasteiger partial charge is 0.392 e. The number of aromatic nitrogens is 1. The van der Waals surface area contributed by atoms with Gasteiger partial charge in [0.25, 0.3) is 10.0 Å². The van der Waals surface area contributed by atoms with Crippen LogP contribution in [0.4, 0.5) is 5.69 Å². The molecule has 2 aromatic heterocycles. The van der Waals surface area contributed by atoms with Crippen LogP contribution in [-0.4, -0.2) is 31.2 Å². The van der Waals surface area contributed by atoms with E-state index in [0.29, 0.717) is 5.69 Å². The molecule has 0 radical (unpaired) electrons. The van der Waals surface area contributed by atoms with E-state index in [2.05, 4.69) is 4.98 Å². The molecule has 0 saturated heterocycles. The summed E-state index contributed by atoms with van der Waals surface area (Å²) >= 11 is 1.44. The van der Waals surface area contributed by atoms with Crippen molar-refractivity contribution in [2.24, 2.45) is 0 Å². The number of para-hydroxylation sites is 1. The summed E-state index contributed by atoms with van der Waals surface area (Å²) in [6.07, 6.45) is 0.575. The van der Waals surface area contributed by atoms with Crippen LogP contribution in [-0.2, 0) is 10.0 Å². The average Bonchev–Trinajstić information content (AvgIpc) is 3.00. The molecule has 7 heteroatoms. The highest BCUT2D eigenvalue weighted by Crippen LogP contribution is 2.27. The molecule has 120 valence electrons. The minimum absolute atomic E-state index is 0.0190. The van der Waals surface area contributed by atoms with Crippen LogP contribution in [0.25, 0.3) is 10.2 Å². The summed E-state index contributed by atoms with van der Waals surface area (Å²) in [6, 6.07) is 12.2. The number of rotatable bonds is 5. The van der Waals surface area contributed by atoms with Crippen LogP contribution in [0.2, 0.25) is 0 Å². The lowest BCUT2D eigenvalue weighted by Crippen LogP contribution is -2.36. The Morgan fingerprint density at radius 1 is 1.26 bits per heavy atom. The van der Waals surface area contributed by atoms with Crippen LogP contribution in [0.3, 0.4) is 0 Å². The highest BCUT2D eigenvalue weighted by molar-refractivity contribution is 7.92. The Morgan fingerprint density at radius 2 is 2.00 bits per heavy atom. The summed E-state index contributed by atoms with van der Waals surface area (Å²) < 4.78 is 28.1. The van der Waals surface area contributed by atoms with E-state index in [-0.39, 0.29) is 11.4 Å². The molecule has 5 nitrogen and oxygen atoms in total. The maximum atomic E-state index is 13.0. The summed E-state index contributed by atoms with van der Waals surface area (Å²) in [5.74, 6) is 0. The third-order valence-electron chi connectivity index (χ3n) is 3.34. The second-order valence-electron chi connectivity index (χ2n) is 5.20. The van der Waals surface area contributed by atoms with Crippen LogP contribution in [0.5, 0.6) is 0 Å². The van der Waals surface area contributed by atoms with Gasteiger partial charge < -0.3 is 5.11 Å². The van der Waals surface area contributed by atoms with Crippen molar-refractivity contribution in [2.45, 2.75) is 17.9 Å². The van der Waals surface area contributed by atoms with E-state index in [1.54, 1.807) is 37.3 Å². The standard InChI is InChI=1S/C16H16N2O3S2/c1-12(19)11-18(13-5-3-2-4-6-13)23(20,21)14-9-16-15(17-10-14)7-8-22-16/h2-10,12,19H,11H2,1H3. The molecule has 0 saturated carbocycles. The van der Waals surface area contributed by atoms with E-state index in [4.69, 9.17) is 0 Å². The van der Waals surface area contributed by atoms with Gasteiger partial charge in [0.1, 0.15) is 4.90 Å². The lowest BCUT2D eigenvalue weighted by Gasteiger charge is -2.25. The second kappa shape index (κ2) is 6.27. The fraction of sp³-hybridized carbons (Fsp3) is 0.188. The number of anilines is 1. The minimum Gasteiger partial charge on any atom is -0.392 e. The van der Waals surface area contributed by atoms with Gasteiger partial charge in [0.05, 0.1) is 28.6 Å². The maximum Gasteiger partial charge on any atom is 0.265 e. The first kappa shape index (κ1) is 15.9. The van der Waals surface area contributed by atoms with Crippen LogP contribution in [0.1, 0.15) is 6.92 Å². The Morgan fingerprint density at radius 3 is 2.70 bits per heavy atom. The van der Waals surface area contributed by atoms with Crippen LogP contribution < -0.4 is 4.31 Å². The molecule has 2 heterocycles. The smallest absolute Gasteiger partial charge is 0.265 e. The molecular weight excluding hydrogens is 332 g/mol. The van der Waals surface area contributed by atoms with Crippen molar-refractivity contribution in [3.63, 3.8) is 0 Å². The highest BCUT2D eigenvalue weighted by atomic mass is 32.2. The first-order chi connectivity index (χ1) is 11.0. The summed E-state index contributed by atoms with van der Waals surface area (Å²) in [4.78, 5) is 4.33. The van der Waals surface area contributed by atoms with Crippen molar-refractivity contribution >= 4 is 37.3 Å². The number of fused-ring (bicyclic) bond motifs is 1. The quantitative estimate of drug-likeness (QED) is 0.770. The monoisotopic (exact) mass is 348 g/mol. The van der Waals surface area contributed by atoms with Crippen LogP contribution >= 0.6 is 11.3 Å². The van der Waals surface area contributed by atoms with Crippen molar-refractivity contribution in [3.8, 4) is 0 Å². The molecule has 0 spiro atoms. The number of nitrogens with zero attached hydrogens (tertiary/aromatic N) is 2. The SMILES string of the molecule is CC(O)CN(c1ccccc1)S(=O)(=O)c1cnc2ccsc2c1. The number of benzene rings is 1. The Kier molecular flexibility index (Phi) is 4.34. The van der Waals surface area contributed by atoms with Gasteiger partial charge in [-0.05, 0) is 36.6 Å². The van der Waals surface area contributed by atoms with Gasteiger partial charge in [-0.1, -0.05) is 18.2 Å². The second-order valence-corrected chi connectivity index (χ2v) is 8.01. The van der Waals surface area contributed by atoms with Gasteiger partial charge in [0.15, 0.2) is 0 Å². The molecule has 0 fully saturated rings.